The van der Waals surface area contributed by atoms with Gasteiger partial charge in [-0.2, -0.15) is 0 Å². The minimum absolute atomic E-state index is 0.0583. The van der Waals surface area contributed by atoms with E-state index in [4.69, 9.17) is 9.47 Å². The first-order valence-electron chi connectivity index (χ1n) is 8.66. The Morgan fingerprint density at radius 2 is 1.96 bits per heavy atom. The van der Waals surface area contributed by atoms with Crippen molar-refractivity contribution in [2.45, 2.75) is 64.2 Å². The van der Waals surface area contributed by atoms with Crippen LogP contribution in [0.5, 0.6) is 5.75 Å². The monoisotopic (exact) mass is 369 g/mol. The normalized spacial score (nSPS) is 20.4. The van der Waals surface area contributed by atoms with Gasteiger partial charge in [0, 0.05) is 13.1 Å². The number of halogens is 1. The van der Waals surface area contributed by atoms with Gasteiger partial charge in [-0.1, -0.05) is 6.42 Å². The lowest BCUT2D eigenvalue weighted by atomic mass is 9.91. The first-order valence-corrected chi connectivity index (χ1v) is 8.66. The molecule has 146 valence electrons. The highest BCUT2D eigenvalue weighted by atomic mass is 19.1. The maximum Gasteiger partial charge on any atom is 0.410 e. The minimum atomic E-state index is -0.619. The Bertz CT molecular complexity index is 632. The van der Waals surface area contributed by atoms with Crippen LogP contribution in [0.15, 0.2) is 18.2 Å². The molecule has 1 aliphatic rings. The summed E-state index contributed by atoms with van der Waals surface area (Å²) in [7, 11) is 1.64. The number of hydrogen-bond acceptors (Lipinski definition) is 6. The summed E-state index contributed by atoms with van der Waals surface area (Å²) < 4.78 is 24.8. The van der Waals surface area contributed by atoms with E-state index in [1.807, 2.05) is 0 Å². The molecule has 1 amide bonds. The highest BCUT2D eigenvalue weighted by Gasteiger charge is 2.34. The molecule has 0 aliphatic heterocycles. The summed E-state index contributed by atoms with van der Waals surface area (Å²) in [4.78, 5) is 13.9. The van der Waals surface area contributed by atoms with E-state index >= 15 is 0 Å². The van der Waals surface area contributed by atoms with Crippen LogP contribution in [-0.4, -0.2) is 41.0 Å². The van der Waals surface area contributed by atoms with E-state index in [2.05, 4.69) is 0 Å². The van der Waals surface area contributed by atoms with Gasteiger partial charge in [0.15, 0.2) is 0 Å². The molecule has 8 heteroatoms. The number of carbonyl (C=O) groups excluding carboxylic acids is 1. The minimum Gasteiger partial charge on any atom is -0.733 e. The predicted molar refractivity (Wildman–Crippen MR) is 94.7 cm³/mol. The maximum absolute atomic E-state index is 13.6. The van der Waals surface area contributed by atoms with Gasteiger partial charge in [-0.15, -0.1) is 0 Å². The molecule has 0 spiro atoms. The third-order valence-electron chi connectivity index (χ3n) is 4.25. The third kappa shape index (κ3) is 5.22. The van der Waals surface area contributed by atoms with Crippen LogP contribution in [0.1, 0.15) is 46.5 Å². The molecule has 1 N–H and O–H groups in total. The van der Waals surface area contributed by atoms with Crippen LogP contribution in [0.25, 0.3) is 0 Å². The van der Waals surface area contributed by atoms with Gasteiger partial charge >= 0.3 is 6.09 Å². The lowest BCUT2D eigenvalue weighted by molar-refractivity contribution is -0.00234. The van der Waals surface area contributed by atoms with Crippen LogP contribution in [0.3, 0.4) is 0 Å². The molecule has 0 heterocycles. The van der Waals surface area contributed by atoms with E-state index in [-0.39, 0.29) is 22.7 Å². The second-order valence-corrected chi connectivity index (χ2v) is 7.48. The van der Waals surface area contributed by atoms with E-state index in [1.165, 1.54) is 4.90 Å². The smallest absolute Gasteiger partial charge is 0.410 e. The van der Waals surface area contributed by atoms with Gasteiger partial charge in [0.2, 0.25) is 0 Å². The van der Waals surface area contributed by atoms with E-state index in [0.29, 0.717) is 12.8 Å². The Labute approximate surface area is 152 Å². The summed E-state index contributed by atoms with van der Waals surface area (Å²) in [5.41, 5.74) is -0.804. The summed E-state index contributed by atoms with van der Waals surface area (Å²) in [6, 6.07) is 2.98. The van der Waals surface area contributed by atoms with Crippen molar-refractivity contribution in [3.63, 3.8) is 0 Å². The zero-order valence-electron chi connectivity index (χ0n) is 15.6. The quantitative estimate of drug-likeness (QED) is 0.805. The van der Waals surface area contributed by atoms with Gasteiger partial charge in [0.25, 0.3) is 0 Å². The molecule has 2 rings (SSSR count). The lowest BCUT2D eigenvalue weighted by Gasteiger charge is -2.39. The molecule has 1 aliphatic carbocycles. The van der Waals surface area contributed by atoms with E-state index in [0.717, 1.165) is 31.0 Å². The van der Waals surface area contributed by atoms with E-state index in [9.17, 15) is 19.6 Å². The Balaban J connectivity index is 2.19. The Morgan fingerprint density at radius 3 is 2.58 bits per heavy atom. The van der Waals surface area contributed by atoms with Crippen LogP contribution in [-0.2, 0) is 4.74 Å². The van der Waals surface area contributed by atoms with Crippen LogP contribution in [0.2, 0.25) is 0 Å². The summed E-state index contributed by atoms with van der Waals surface area (Å²) in [5.74, 6) is -0.643. The molecular formula is C18H26FN2O5-. The lowest BCUT2D eigenvalue weighted by Crippen LogP contribution is -2.50. The fourth-order valence-electron chi connectivity index (χ4n) is 3.03. The number of benzene rings is 1. The van der Waals surface area contributed by atoms with Gasteiger partial charge in [-0.25, -0.2) is 9.18 Å². The second-order valence-electron chi connectivity index (χ2n) is 7.48. The largest absolute Gasteiger partial charge is 0.733 e. The SMILES string of the molecule is CN(C(=O)OC(C)(C)C)[C@@H]1CCCC[C@H]1Oc1cc(F)ccc1N([O-])O. The van der Waals surface area contributed by atoms with Crippen molar-refractivity contribution in [2.24, 2.45) is 0 Å². The molecule has 1 aromatic carbocycles. The molecule has 2 atom stereocenters. The van der Waals surface area contributed by atoms with Crippen molar-refractivity contribution in [1.82, 2.24) is 4.90 Å². The standard InChI is InChI=1S/C18H26FN2O5/c1-18(2,3)26-17(22)20(4)13-7-5-6-8-15(13)25-16-11-12(19)9-10-14(16)21(23)24/h9-11,13,15,23H,5-8H2,1-4H3/q-1/t13-,15-/m1/s1. The molecule has 1 saturated carbocycles. The number of likely N-dealkylation sites (N-methyl/N-ethyl adjacent to an activating group) is 1. The summed E-state index contributed by atoms with van der Waals surface area (Å²) in [5, 5.41) is 20.1. The van der Waals surface area contributed by atoms with Crippen molar-refractivity contribution in [2.75, 3.05) is 12.3 Å². The molecule has 0 radical (unpaired) electrons. The number of anilines is 1. The Hall–Kier alpha value is -2.06. The molecule has 0 unspecified atom stereocenters. The molecule has 1 fully saturated rings. The van der Waals surface area contributed by atoms with Crippen LogP contribution < -0.4 is 9.96 Å². The number of hydrogen-bond donors (Lipinski definition) is 1. The fraction of sp³-hybridized carbons (Fsp3) is 0.611. The average Bonchev–Trinajstić information content (AvgIpc) is 2.53. The van der Waals surface area contributed by atoms with Gasteiger partial charge < -0.3 is 24.8 Å². The second kappa shape index (κ2) is 8.09. The van der Waals surface area contributed by atoms with Crippen LogP contribution in [0.4, 0.5) is 14.9 Å². The number of ether oxygens (including phenoxy) is 2. The Morgan fingerprint density at radius 1 is 1.31 bits per heavy atom. The highest BCUT2D eigenvalue weighted by Crippen LogP contribution is 2.33. The van der Waals surface area contributed by atoms with Gasteiger partial charge in [0.05, 0.1) is 11.7 Å². The van der Waals surface area contributed by atoms with Crippen molar-refractivity contribution in [3.8, 4) is 5.75 Å². The third-order valence-corrected chi connectivity index (χ3v) is 4.25. The van der Waals surface area contributed by atoms with Crippen LogP contribution >= 0.6 is 0 Å². The maximum atomic E-state index is 13.6. The fourth-order valence-corrected chi connectivity index (χ4v) is 3.03. The van der Waals surface area contributed by atoms with E-state index < -0.39 is 23.6 Å². The molecule has 0 aromatic heterocycles. The molecule has 26 heavy (non-hydrogen) atoms. The molecule has 1 aromatic rings. The number of amides is 1. The summed E-state index contributed by atoms with van der Waals surface area (Å²) in [6.45, 7) is 5.37. The molecular weight excluding hydrogens is 343 g/mol. The number of rotatable bonds is 4. The first-order chi connectivity index (χ1) is 12.1. The van der Waals surface area contributed by atoms with Gasteiger partial charge in [-0.05, 0) is 52.2 Å². The molecule has 0 saturated heterocycles. The van der Waals surface area contributed by atoms with Crippen molar-refractivity contribution in [3.05, 3.63) is 29.2 Å². The van der Waals surface area contributed by atoms with Crippen molar-refractivity contribution in [1.29, 1.82) is 0 Å². The molecule has 0 bridgehead atoms. The van der Waals surface area contributed by atoms with Crippen molar-refractivity contribution < 1.29 is 23.9 Å². The highest BCUT2D eigenvalue weighted by molar-refractivity contribution is 5.68. The number of nitrogens with zero attached hydrogens (tertiary/aromatic N) is 2. The molecule has 7 nitrogen and oxygen atoms in total. The van der Waals surface area contributed by atoms with E-state index in [1.54, 1.807) is 27.8 Å². The summed E-state index contributed by atoms with van der Waals surface area (Å²) >= 11 is 0. The first kappa shape index (κ1) is 20.3. The van der Waals surface area contributed by atoms with Gasteiger partial charge in [0.1, 0.15) is 23.3 Å². The Kier molecular flexibility index (Phi) is 6.30. The van der Waals surface area contributed by atoms with Crippen molar-refractivity contribution >= 4 is 11.8 Å². The summed E-state index contributed by atoms with van der Waals surface area (Å²) in [6.07, 6.45) is 2.23. The topological polar surface area (TPSA) is 85.3 Å². The number of carbonyl (C=O) groups is 1. The average molecular weight is 369 g/mol. The van der Waals surface area contributed by atoms with Gasteiger partial charge in [-0.3, -0.25) is 5.21 Å². The van der Waals surface area contributed by atoms with Crippen LogP contribution in [0, 0.1) is 11.0 Å². The zero-order chi connectivity index (χ0) is 19.5. The zero-order valence-corrected chi connectivity index (χ0v) is 15.6. The predicted octanol–water partition coefficient (Wildman–Crippen LogP) is 4.08.